The van der Waals surface area contributed by atoms with E-state index in [9.17, 15) is 0 Å². The van der Waals surface area contributed by atoms with E-state index >= 15 is 0 Å². The van der Waals surface area contributed by atoms with Gasteiger partial charge in [0.05, 0.1) is 0 Å². The molecule has 0 fully saturated rings. The molecule has 0 heterocycles. The van der Waals surface area contributed by atoms with E-state index in [2.05, 4.69) is 0 Å². The predicted molar refractivity (Wildman–Crippen MR) is 8.62 cm³/mol. The van der Waals surface area contributed by atoms with Gasteiger partial charge in [0.15, 0.2) is 0 Å². The second-order valence-electron chi connectivity index (χ2n) is 0.0833. The Kier molecular flexibility index (Phi) is 20.9. The van der Waals surface area contributed by atoms with Gasteiger partial charge in [-0.15, -0.1) is 12.4 Å². The van der Waals surface area contributed by atoms with Crippen LogP contribution in [0.4, 0.5) is 0 Å². The van der Waals surface area contributed by atoms with Crippen molar-refractivity contribution in [2.45, 2.75) is 0 Å². The second kappa shape index (κ2) is 9.50. The first kappa shape index (κ1) is 8.82. The second-order valence-corrected chi connectivity index (χ2v) is 0.344. The third kappa shape index (κ3) is 18.4. The SMILES string of the molecule is Cl.[O]=[Ti]=[O]. The maximum absolute atomic E-state index is 8.50. The Morgan fingerprint density at radius 2 is 1.25 bits per heavy atom. The molecule has 0 aromatic carbocycles. The molecule has 0 aliphatic heterocycles. The first-order chi connectivity index (χ1) is 1.41. The summed E-state index contributed by atoms with van der Waals surface area (Å²) in [4.78, 5) is 0. The molecule has 0 amide bonds. The van der Waals surface area contributed by atoms with Gasteiger partial charge in [-0.1, -0.05) is 0 Å². The molecule has 0 N–H and O–H groups in total. The molecule has 0 aromatic heterocycles. The molecule has 0 atom stereocenters. The summed E-state index contributed by atoms with van der Waals surface area (Å²) >= 11 is -2.00. The van der Waals surface area contributed by atoms with Crippen molar-refractivity contribution in [2.75, 3.05) is 0 Å². The molecular weight excluding hydrogens is 115 g/mol. The standard InChI is InChI=1S/ClH.2O.Ti/h1H;;;. The van der Waals surface area contributed by atoms with Gasteiger partial charge in [-0.2, -0.15) is 0 Å². The van der Waals surface area contributed by atoms with E-state index < -0.39 is 19.1 Å². The normalized spacial score (nSPS) is 2.00. The van der Waals surface area contributed by atoms with Crippen LogP contribution < -0.4 is 0 Å². The minimum absolute atomic E-state index is 0. The average molecular weight is 116 g/mol. The molecule has 0 aromatic rings. The van der Waals surface area contributed by atoms with Crippen LogP contribution in [0.25, 0.3) is 0 Å². The number of hydrogen-bond acceptors (Lipinski definition) is 2. The van der Waals surface area contributed by atoms with Crippen molar-refractivity contribution in [3.63, 3.8) is 0 Å². The zero-order valence-electron chi connectivity index (χ0n) is 1.72. The Morgan fingerprint density at radius 3 is 1.25 bits per heavy atom. The Balaban J connectivity index is 0. The van der Waals surface area contributed by atoms with E-state index in [4.69, 9.17) is 6.65 Å². The van der Waals surface area contributed by atoms with Crippen LogP contribution in [0.2, 0.25) is 0 Å². The summed E-state index contributed by atoms with van der Waals surface area (Å²) in [5, 5.41) is 0. The van der Waals surface area contributed by atoms with Crippen LogP contribution in [0, 0.1) is 0 Å². The van der Waals surface area contributed by atoms with Crippen molar-refractivity contribution >= 4 is 12.4 Å². The molecule has 0 radical (unpaired) electrons. The van der Waals surface area contributed by atoms with E-state index in [1.165, 1.54) is 0 Å². The first-order valence-electron chi connectivity index (χ1n) is 0.408. The van der Waals surface area contributed by atoms with Crippen LogP contribution in [0.15, 0.2) is 0 Å². The van der Waals surface area contributed by atoms with Crippen molar-refractivity contribution in [1.82, 2.24) is 0 Å². The number of halogens is 1. The van der Waals surface area contributed by atoms with Crippen LogP contribution in [-0.4, -0.2) is 0 Å². The first-order valence-corrected chi connectivity index (χ1v) is 1.68. The molecule has 0 rings (SSSR count). The fourth-order valence-corrected chi connectivity index (χ4v) is 0. The van der Waals surface area contributed by atoms with E-state index in [0.717, 1.165) is 0 Å². The molecular formula is HClO2Ti. The predicted octanol–water partition coefficient (Wildman–Crippen LogP) is 0.182. The zero-order chi connectivity index (χ0) is 2.71. The Labute approximate surface area is 38.6 Å². The summed E-state index contributed by atoms with van der Waals surface area (Å²) in [6.07, 6.45) is 0. The summed E-state index contributed by atoms with van der Waals surface area (Å²) in [6.45, 7) is 0. The van der Waals surface area contributed by atoms with Crippen LogP contribution in [-0.2, 0) is 25.7 Å². The fraction of sp³-hybridized carbons (Fsp3) is 0. The van der Waals surface area contributed by atoms with Crippen LogP contribution in [0.3, 0.4) is 0 Å². The van der Waals surface area contributed by atoms with E-state index in [-0.39, 0.29) is 12.4 Å². The molecule has 0 saturated carbocycles. The van der Waals surface area contributed by atoms with Gasteiger partial charge in [0.25, 0.3) is 0 Å². The maximum atomic E-state index is 8.50. The molecule has 0 spiro atoms. The summed E-state index contributed by atoms with van der Waals surface area (Å²) < 4.78 is 17.0. The molecule has 4 heteroatoms. The summed E-state index contributed by atoms with van der Waals surface area (Å²) in [7, 11) is 0. The van der Waals surface area contributed by atoms with Gasteiger partial charge in [-0.3, -0.25) is 0 Å². The van der Waals surface area contributed by atoms with Gasteiger partial charge in [-0.05, 0) is 0 Å². The van der Waals surface area contributed by atoms with E-state index in [0.29, 0.717) is 0 Å². The molecule has 0 bridgehead atoms. The zero-order valence-corrected chi connectivity index (χ0v) is 4.10. The molecule has 0 aliphatic rings. The third-order valence-corrected chi connectivity index (χ3v) is 0. The Bertz CT molecular complexity index is 27.0. The van der Waals surface area contributed by atoms with Crippen LogP contribution in [0.5, 0.6) is 0 Å². The minimum atomic E-state index is -2.00. The van der Waals surface area contributed by atoms with Crippen LogP contribution in [0.1, 0.15) is 0 Å². The van der Waals surface area contributed by atoms with Gasteiger partial charge in [0, 0.05) is 0 Å². The number of hydrogen-bond donors (Lipinski definition) is 0. The fourth-order valence-electron chi connectivity index (χ4n) is 0. The van der Waals surface area contributed by atoms with Gasteiger partial charge >= 0.3 is 25.7 Å². The van der Waals surface area contributed by atoms with E-state index in [1.54, 1.807) is 0 Å². The quantitative estimate of drug-likeness (QED) is 0.423. The molecule has 24 valence electrons. The van der Waals surface area contributed by atoms with Gasteiger partial charge < -0.3 is 0 Å². The Morgan fingerprint density at radius 1 is 1.25 bits per heavy atom. The van der Waals surface area contributed by atoms with Crippen molar-refractivity contribution in [3.05, 3.63) is 0 Å². The molecule has 0 saturated heterocycles. The Hall–Kier alpha value is 0.604. The van der Waals surface area contributed by atoms with Crippen molar-refractivity contribution in [3.8, 4) is 0 Å². The van der Waals surface area contributed by atoms with Crippen molar-refractivity contribution < 1.29 is 25.7 Å². The molecule has 4 heavy (non-hydrogen) atoms. The third-order valence-electron chi connectivity index (χ3n) is 0. The topological polar surface area (TPSA) is 34.1 Å². The van der Waals surface area contributed by atoms with Gasteiger partial charge in [-0.25, -0.2) is 0 Å². The van der Waals surface area contributed by atoms with Gasteiger partial charge in [0.1, 0.15) is 0 Å². The summed E-state index contributed by atoms with van der Waals surface area (Å²) in [5.74, 6) is 0. The average Bonchev–Trinajstić information content (AvgIpc) is 0.918. The summed E-state index contributed by atoms with van der Waals surface area (Å²) in [5.41, 5.74) is 0. The molecule has 0 unspecified atom stereocenters. The van der Waals surface area contributed by atoms with Crippen molar-refractivity contribution in [2.24, 2.45) is 0 Å². The summed E-state index contributed by atoms with van der Waals surface area (Å²) in [6, 6.07) is 0. The van der Waals surface area contributed by atoms with Gasteiger partial charge in [0.2, 0.25) is 0 Å². The van der Waals surface area contributed by atoms with Crippen LogP contribution >= 0.6 is 12.4 Å². The monoisotopic (exact) mass is 116 g/mol. The molecule has 2 nitrogen and oxygen atoms in total. The number of rotatable bonds is 0. The molecule has 0 aliphatic carbocycles. The van der Waals surface area contributed by atoms with Crippen molar-refractivity contribution in [1.29, 1.82) is 0 Å². The van der Waals surface area contributed by atoms with E-state index in [1.807, 2.05) is 0 Å².